The monoisotopic (exact) mass is 245 g/mol. The third-order valence-corrected chi connectivity index (χ3v) is 3.04. The first-order valence-electron chi connectivity index (χ1n) is 3.86. The molecular formula is C7H11BrF3N. The van der Waals surface area contributed by atoms with Gasteiger partial charge in [0.25, 0.3) is 0 Å². The Kier molecular flexibility index (Phi) is 2.73. The maximum Gasteiger partial charge on any atom is 0.334 e. The van der Waals surface area contributed by atoms with Gasteiger partial charge < -0.3 is 5.73 Å². The second kappa shape index (κ2) is 3.18. The number of hydrogen-bond acceptors (Lipinski definition) is 1. The molecule has 5 heteroatoms. The summed E-state index contributed by atoms with van der Waals surface area (Å²) in [6, 6.07) is -0.122. The summed E-state index contributed by atoms with van der Waals surface area (Å²) in [7, 11) is 0. The van der Waals surface area contributed by atoms with Crippen LogP contribution in [0.3, 0.4) is 0 Å². The molecular weight excluding hydrogens is 235 g/mol. The Hall–Kier alpha value is 0.230. The van der Waals surface area contributed by atoms with Gasteiger partial charge in [-0.05, 0) is 41.6 Å². The van der Waals surface area contributed by atoms with Crippen LogP contribution in [0.25, 0.3) is 0 Å². The summed E-state index contributed by atoms with van der Waals surface area (Å²) in [6.45, 7) is 0. The van der Waals surface area contributed by atoms with Gasteiger partial charge in [-0.25, -0.2) is 4.39 Å². The van der Waals surface area contributed by atoms with E-state index in [9.17, 15) is 13.2 Å². The summed E-state index contributed by atoms with van der Waals surface area (Å²) in [5.41, 5.74) is 3.07. The predicted octanol–water partition coefficient (Wildman–Crippen LogP) is 2.58. The molecule has 0 radical (unpaired) electrons. The molecule has 1 aliphatic rings. The zero-order chi connectivity index (χ0) is 9.41. The molecule has 0 heterocycles. The molecule has 0 spiro atoms. The fourth-order valence-corrected chi connectivity index (χ4v) is 1.78. The molecule has 0 aromatic rings. The van der Waals surface area contributed by atoms with Gasteiger partial charge in [-0.2, -0.15) is 8.78 Å². The van der Waals surface area contributed by atoms with Crippen LogP contribution in [0.4, 0.5) is 13.2 Å². The van der Waals surface area contributed by atoms with Gasteiger partial charge in [0.15, 0.2) is 5.67 Å². The van der Waals surface area contributed by atoms with Crippen LogP contribution >= 0.6 is 15.9 Å². The number of alkyl halides is 4. The molecule has 0 atom stereocenters. The fraction of sp³-hybridized carbons (Fsp3) is 1.00. The van der Waals surface area contributed by atoms with E-state index < -0.39 is 10.5 Å². The molecule has 1 rings (SSSR count). The first kappa shape index (κ1) is 10.3. The molecule has 12 heavy (non-hydrogen) atoms. The first-order valence-corrected chi connectivity index (χ1v) is 4.66. The predicted molar refractivity (Wildman–Crippen MR) is 44.2 cm³/mol. The Bertz CT molecular complexity index is 161. The quantitative estimate of drug-likeness (QED) is 0.707. The van der Waals surface area contributed by atoms with Gasteiger partial charge in [-0.3, -0.25) is 0 Å². The highest BCUT2D eigenvalue weighted by atomic mass is 79.9. The highest BCUT2D eigenvalue weighted by Crippen LogP contribution is 2.46. The second-order valence-electron chi connectivity index (χ2n) is 3.30. The standard InChI is InChI=1S/C7H11BrF3N/c8-7(10,11)6(9)3-1-5(12)2-4-6/h5H,1-4,12H2. The van der Waals surface area contributed by atoms with Crippen LogP contribution in [0.2, 0.25) is 0 Å². The number of rotatable bonds is 1. The lowest BCUT2D eigenvalue weighted by Crippen LogP contribution is -2.45. The SMILES string of the molecule is NC1CCC(F)(C(F)(F)Br)CC1. The molecule has 0 unspecified atom stereocenters. The Labute approximate surface area is 77.6 Å². The third kappa shape index (κ3) is 1.93. The Morgan fingerprint density at radius 2 is 1.75 bits per heavy atom. The van der Waals surface area contributed by atoms with E-state index in [1.54, 1.807) is 0 Å². The van der Waals surface area contributed by atoms with Crippen molar-refractivity contribution in [3.05, 3.63) is 0 Å². The lowest BCUT2D eigenvalue weighted by Gasteiger charge is -2.35. The van der Waals surface area contributed by atoms with Crippen molar-refractivity contribution < 1.29 is 13.2 Å². The van der Waals surface area contributed by atoms with E-state index in [0.29, 0.717) is 12.8 Å². The average Bonchev–Trinajstić information content (AvgIpc) is 1.93. The largest absolute Gasteiger partial charge is 0.334 e. The van der Waals surface area contributed by atoms with Crippen LogP contribution in [-0.4, -0.2) is 16.5 Å². The Morgan fingerprint density at radius 3 is 2.08 bits per heavy atom. The summed E-state index contributed by atoms with van der Waals surface area (Å²) in [5.74, 6) is 0. The minimum atomic E-state index is -3.42. The topological polar surface area (TPSA) is 26.0 Å². The lowest BCUT2D eigenvalue weighted by molar-refractivity contribution is -0.0809. The van der Waals surface area contributed by atoms with Crippen molar-refractivity contribution in [3.8, 4) is 0 Å². The first-order chi connectivity index (χ1) is 5.35. The molecule has 0 amide bonds. The van der Waals surface area contributed by atoms with Gasteiger partial charge in [0.1, 0.15) is 0 Å². The van der Waals surface area contributed by atoms with Crippen molar-refractivity contribution >= 4 is 15.9 Å². The molecule has 0 bridgehead atoms. The van der Waals surface area contributed by atoms with E-state index in [0.717, 1.165) is 0 Å². The molecule has 0 saturated heterocycles. The zero-order valence-electron chi connectivity index (χ0n) is 6.49. The highest BCUT2D eigenvalue weighted by molar-refractivity contribution is 9.10. The van der Waals surface area contributed by atoms with Crippen LogP contribution in [0.1, 0.15) is 25.7 Å². The Balaban J connectivity index is 2.62. The average molecular weight is 246 g/mol. The van der Waals surface area contributed by atoms with Gasteiger partial charge in [-0.15, -0.1) is 0 Å². The minimum absolute atomic E-state index is 0.122. The van der Waals surface area contributed by atoms with Crippen molar-refractivity contribution in [2.24, 2.45) is 5.73 Å². The Morgan fingerprint density at radius 1 is 1.33 bits per heavy atom. The van der Waals surface area contributed by atoms with Crippen LogP contribution in [0.5, 0.6) is 0 Å². The van der Waals surface area contributed by atoms with E-state index in [4.69, 9.17) is 5.73 Å². The lowest BCUT2D eigenvalue weighted by atomic mass is 9.84. The molecule has 72 valence electrons. The number of nitrogens with two attached hydrogens (primary N) is 1. The normalized spacial score (nSPS) is 38.2. The van der Waals surface area contributed by atoms with E-state index in [-0.39, 0.29) is 18.9 Å². The van der Waals surface area contributed by atoms with Crippen LogP contribution in [0.15, 0.2) is 0 Å². The molecule has 1 nitrogen and oxygen atoms in total. The van der Waals surface area contributed by atoms with Gasteiger partial charge in [-0.1, -0.05) is 0 Å². The van der Waals surface area contributed by atoms with Crippen molar-refractivity contribution in [2.75, 3.05) is 0 Å². The van der Waals surface area contributed by atoms with Crippen LogP contribution in [-0.2, 0) is 0 Å². The molecule has 0 aliphatic heterocycles. The number of hydrogen-bond donors (Lipinski definition) is 1. The van der Waals surface area contributed by atoms with E-state index in [2.05, 4.69) is 15.9 Å². The van der Waals surface area contributed by atoms with E-state index in [1.165, 1.54) is 0 Å². The summed E-state index contributed by atoms with van der Waals surface area (Å²) in [5, 5.41) is 0. The van der Waals surface area contributed by atoms with Crippen LogP contribution < -0.4 is 5.73 Å². The van der Waals surface area contributed by atoms with Crippen molar-refractivity contribution in [1.29, 1.82) is 0 Å². The van der Waals surface area contributed by atoms with Crippen molar-refractivity contribution in [3.63, 3.8) is 0 Å². The molecule has 1 aliphatic carbocycles. The maximum absolute atomic E-state index is 13.4. The second-order valence-corrected chi connectivity index (χ2v) is 4.30. The smallest absolute Gasteiger partial charge is 0.328 e. The van der Waals surface area contributed by atoms with Gasteiger partial charge in [0, 0.05) is 6.04 Å². The summed E-state index contributed by atoms with van der Waals surface area (Å²) in [6.07, 6.45) is 0.341. The molecule has 0 aromatic heterocycles. The van der Waals surface area contributed by atoms with Crippen molar-refractivity contribution in [1.82, 2.24) is 0 Å². The van der Waals surface area contributed by atoms with Gasteiger partial charge in [0.05, 0.1) is 0 Å². The van der Waals surface area contributed by atoms with Crippen LogP contribution in [0, 0.1) is 0 Å². The highest BCUT2D eigenvalue weighted by Gasteiger charge is 2.53. The summed E-state index contributed by atoms with van der Waals surface area (Å²) < 4.78 is 38.6. The molecule has 2 N–H and O–H groups in total. The molecule has 0 aromatic carbocycles. The van der Waals surface area contributed by atoms with Gasteiger partial charge in [0.2, 0.25) is 0 Å². The third-order valence-electron chi connectivity index (χ3n) is 2.33. The van der Waals surface area contributed by atoms with E-state index >= 15 is 0 Å². The number of halogens is 4. The zero-order valence-corrected chi connectivity index (χ0v) is 8.08. The maximum atomic E-state index is 13.4. The molecule has 1 fully saturated rings. The van der Waals surface area contributed by atoms with Crippen molar-refractivity contribution in [2.45, 2.75) is 42.2 Å². The summed E-state index contributed by atoms with van der Waals surface area (Å²) >= 11 is 2.07. The summed E-state index contributed by atoms with van der Waals surface area (Å²) in [4.78, 5) is -3.42. The van der Waals surface area contributed by atoms with E-state index in [1.807, 2.05) is 0 Å². The molecule has 1 saturated carbocycles. The fourth-order valence-electron chi connectivity index (χ4n) is 1.38. The minimum Gasteiger partial charge on any atom is -0.328 e. The van der Waals surface area contributed by atoms with Gasteiger partial charge >= 0.3 is 4.83 Å².